The first-order valence-corrected chi connectivity index (χ1v) is 13.1. The number of hydrogen-bond donors (Lipinski definition) is 2. The van der Waals surface area contributed by atoms with Gasteiger partial charge in [-0.2, -0.15) is 4.31 Å². The molecule has 1 aromatic heterocycles. The lowest BCUT2D eigenvalue weighted by Gasteiger charge is -2.22. The highest BCUT2D eigenvalue weighted by atomic mass is 32.2. The molecule has 0 aliphatic heterocycles. The Bertz CT molecular complexity index is 1600. The Morgan fingerprint density at radius 2 is 1.65 bits per heavy atom. The molecule has 0 saturated heterocycles. The number of benzene rings is 3. The minimum absolute atomic E-state index is 0.0415. The number of sulfonamides is 1. The van der Waals surface area contributed by atoms with Crippen molar-refractivity contribution in [2.75, 3.05) is 11.9 Å². The minimum Gasteiger partial charge on any atom is -0.325 e. The van der Waals surface area contributed by atoms with Gasteiger partial charge in [0.25, 0.3) is 5.56 Å². The number of aryl methyl sites for hydroxylation is 3. The molecular weight excluding hydrogens is 488 g/mol. The molecule has 0 unspecified atom stereocenters. The number of nitrogens with one attached hydrogen (secondary N) is 2. The summed E-state index contributed by atoms with van der Waals surface area (Å²) in [5.74, 6) is -0.115. The summed E-state index contributed by atoms with van der Waals surface area (Å²) in [4.78, 5) is 32.1. The van der Waals surface area contributed by atoms with E-state index in [1.54, 1.807) is 55.5 Å². The van der Waals surface area contributed by atoms with Crippen LogP contribution in [0, 0.1) is 20.8 Å². The van der Waals surface area contributed by atoms with Crippen molar-refractivity contribution in [3.63, 3.8) is 0 Å². The highest BCUT2D eigenvalue weighted by molar-refractivity contribution is 7.89. The Morgan fingerprint density at radius 1 is 0.919 bits per heavy atom. The summed E-state index contributed by atoms with van der Waals surface area (Å²) in [6.45, 7) is 5.19. The number of carbonyl (C=O) groups is 1. The van der Waals surface area contributed by atoms with Gasteiger partial charge in [-0.15, -0.1) is 0 Å². The standard InChI is InChI=1S/C28H28N4O4S/c1-19-10-12-25(13-11-19)37(35,36)32(17-22-7-4-6-20(2)14-22)18-27(34)30-24-9-5-8-23(16-24)28-29-21(3)15-26(33)31-28/h4-16H,17-18H2,1-3H3,(H,30,34)(H,29,31,33). The number of H-pyrrole nitrogens is 1. The fraction of sp³-hybridized carbons (Fsp3) is 0.179. The van der Waals surface area contributed by atoms with Gasteiger partial charge in [0.1, 0.15) is 5.82 Å². The van der Waals surface area contributed by atoms with Crippen LogP contribution in [0.5, 0.6) is 0 Å². The molecule has 9 heteroatoms. The number of aromatic nitrogens is 2. The van der Waals surface area contributed by atoms with Crippen LogP contribution in [0.15, 0.2) is 88.6 Å². The Labute approximate surface area is 216 Å². The zero-order valence-electron chi connectivity index (χ0n) is 20.9. The predicted molar refractivity (Wildman–Crippen MR) is 144 cm³/mol. The molecule has 0 atom stereocenters. The molecule has 0 fully saturated rings. The third kappa shape index (κ3) is 6.58. The molecular formula is C28H28N4O4S. The Kier molecular flexibility index (Phi) is 7.66. The van der Waals surface area contributed by atoms with Crippen LogP contribution in [0.3, 0.4) is 0 Å². The number of amides is 1. The van der Waals surface area contributed by atoms with E-state index >= 15 is 0 Å². The summed E-state index contributed by atoms with van der Waals surface area (Å²) in [7, 11) is -3.95. The van der Waals surface area contributed by atoms with Gasteiger partial charge >= 0.3 is 0 Å². The van der Waals surface area contributed by atoms with E-state index in [1.165, 1.54) is 10.4 Å². The van der Waals surface area contributed by atoms with Crippen LogP contribution in [0.2, 0.25) is 0 Å². The second kappa shape index (κ2) is 10.9. The lowest BCUT2D eigenvalue weighted by atomic mass is 10.1. The summed E-state index contributed by atoms with van der Waals surface area (Å²) in [5, 5.41) is 2.78. The summed E-state index contributed by atoms with van der Waals surface area (Å²) >= 11 is 0. The van der Waals surface area contributed by atoms with E-state index in [1.807, 2.05) is 38.1 Å². The number of aromatic amines is 1. The van der Waals surface area contributed by atoms with Gasteiger partial charge in [0.05, 0.1) is 11.4 Å². The molecule has 0 bridgehead atoms. The zero-order chi connectivity index (χ0) is 26.6. The molecule has 190 valence electrons. The number of nitrogens with zero attached hydrogens (tertiary/aromatic N) is 2. The molecule has 0 aliphatic carbocycles. The van der Waals surface area contributed by atoms with Gasteiger partial charge in [0.2, 0.25) is 15.9 Å². The summed E-state index contributed by atoms with van der Waals surface area (Å²) < 4.78 is 28.2. The monoisotopic (exact) mass is 516 g/mol. The van der Waals surface area contributed by atoms with E-state index < -0.39 is 15.9 Å². The summed E-state index contributed by atoms with van der Waals surface area (Å²) in [5.41, 5.74) is 4.07. The first-order valence-electron chi connectivity index (χ1n) is 11.7. The third-order valence-electron chi connectivity index (χ3n) is 5.71. The molecule has 4 aromatic rings. The third-order valence-corrected chi connectivity index (χ3v) is 7.52. The first kappa shape index (κ1) is 26.0. The molecule has 0 radical (unpaired) electrons. The van der Waals surface area contributed by atoms with Crippen LogP contribution in [-0.2, 0) is 21.4 Å². The van der Waals surface area contributed by atoms with Crippen molar-refractivity contribution < 1.29 is 13.2 Å². The van der Waals surface area contributed by atoms with Gasteiger partial charge in [0.15, 0.2) is 0 Å². The first-order chi connectivity index (χ1) is 17.6. The summed E-state index contributed by atoms with van der Waals surface area (Å²) in [6.07, 6.45) is 0. The van der Waals surface area contributed by atoms with Crippen molar-refractivity contribution in [1.29, 1.82) is 0 Å². The second-order valence-electron chi connectivity index (χ2n) is 8.94. The molecule has 4 rings (SSSR count). The maximum absolute atomic E-state index is 13.5. The van der Waals surface area contributed by atoms with Gasteiger partial charge < -0.3 is 10.3 Å². The van der Waals surface area contributed by atoms with Crippen molar-refractivity contribution >= 4 is 21.6 Å². The molecule has 8 nitrogen and oxygen atoms in total. The molecule has 2 N–H and O–H groups in total. The topological polar surface area (TPSA) is 112 Å². The van der Waals surface area contributed by atoms with E-state index in [9.17, 15) is 18.0 Å². The van der Waals surface area contributed by atoms with Crippen LogP contribution in [0.1, 0.15) is 22.4 Å². The molecule has 0 spiro atoms. The Balaban J connectivity index is 1.59. The van der Waals surface area contributed by atoms with E-state index in [0.717, 1.165) is 16.7 Å². The fourth-order valence-corrected chi connectivity index (χ4v) is 5.30. The van der Waals surface area contributed by atoms with E-state index in [4.69, 9.17) is 0 Å². The van der Waals surface area contributed by atoms with Crippen molar-refractivity contribution in [3.8, 4) is 11.4 Å². The van der Waals surface area contributed by atoms with Gasteiger partial charge in [-0.25, -0.2) is 13.4 Å². The van der Waals surface area contributed by atoms with Crippen molar-refractivity contribution in [2.24, 2.45) is 0 Å². The lowest BCUT2D eigenvalue weighted by Crippen LogP contribution is -2.37. The quantitative estimate of drug-likeness (QED) is 0.365. The zero-order valence-corrected chi connectivity index (χ0v) is 21.7. The number of hydrogen-bond acceptors (Lipinski definition) is 5. The minimum atomic E-state index is -3.95. The smallest absolute Gasteiger partial charge is 0.251 e. The molecule has 37 heavy (non-hydrogen) atoms. The SMILES string of the molecule is Cc1ccc(S(=O)(=O)N(CC(=O)Nc2cccc(-c3nc(C)cc(=O)[nH]3)c2)Cc2cccc(C)c2)cc1. The summed E-state index contributed by atoms with van der Waals surface area (Å²) in [6, 6.07) is 22.3. The molecule has 1 amide bonds. The maximum atomic E-state index is 13.5. The Hall–Kier alpha value is -4.08. The second-order valence-corrected chi connectivity index (χ2v) is 10.9. The van der Waals surface area contributed by atoms with Crippen molar-refractivity contribution in [3.05, 3.63) is 112 Å². The Morgan fingerprint density at radius 3 is 2.35 bits per heavy atom. The van der Waals surface area contributed by atoms with Crippen molar-refractivity contribution in [1.82, 2.24) is 14.3 Å². The maximum Gasteiger partial charge on any atom is 0.251 e. The van der Waals surface area contributed by atoms with Gasteiger partial charge in [-0.3, -0.25) is 9.59 Å². The van der Waals surface area contributed by atoms with Gasteiger partial charge in [-0.05, 0) is 50.6 Å². The number of rotatable bonds is 8. The van der Waals surface area contributed by atoms with Gasteiger partial charge in [-0.1, -0.05) is 59.7 Å². The highest BCUT2D eigenvalue weighted by Gasteiger charge is 2.27. The van der Waals surface area contributed by atoms with Crippen LogP contribution >= 0.6 is 0 Å². The normalized spacial score (nSPS) is 11.5. The van der Waals surface area contributed by atoms with E-state index in [0.29, 0.717) is 22.8 Å². The number of anilines is 1. The fourth-order valence-electron chi connectivity index (χ4n) is 3.92. The molecule has 3 aromatic carbocycles. The molecule has 0 saturated carbocycles. The average Bonchev–Trinajstić information content (AvgIpc) is 2.83. The van der Waals surface area contributed by atoms with Gasteiger partial charge in [0, 0.05) is 29.6 Å². The number of carbonyl (C=O) groups excluding carboxylic acids is 1. The van der Waals surface area contributed by atoms with Crippen molar-refractivity contribution in [2.45, 2.75) is 32.2 Å². The average molecular weight is 517 g/mol. The predicted octanol–water partition coefficient (Wildman–Crippen LogP) is 4.19. The van der Waals surface area contributed by atoms with E-state index in [-0.39, 0.29) is 23.5 Å². The molecule has 0 aliphatic rings. The highest BCUT2D eigenvalue weighted by Crippen LogP contribution is 2.21. The lowest BCUT2D eigenvalue weighted by molar-refractivity contribution is -0.116. The van der Waals surface area contributed by atoms with Crippen LogP contribution in [0.25, 0.3) is 11.4 Å². The van der Waals surface area contributed by atoms with Crippen LogP contribution in [-0.4, -0.2) is 35.1 Å². The van der Waals surface area contributed by atoms with Crippen LogP contribution in [0.4, 0.5) is 5.69 Å². The molecule has 1 heterocycles. The van der Waals surface area contributed by atoms with E-state index in [2.05, 4.69) is 15.3 Å². The largest absolute Gasteiger partial charge is 0.325 e. The van der Waals surface area contributed by atoms with Crippen LogP contribution < -0.4 is 10.9 Å².